The number of benzene rings is 2. The summed E-state index contributed by atoms with van der Waals surface area (Å²) in [6.07, 6.45) is 4.12. The van der Waals surface area contributed by atoms with Crippen molar-refractivity contribution in [1.29, 1.82) is 5.41 Å². The van der Waals surface area contributed by atoms with Crippen molar-refractivity contribution in [3.63, 3.8) is 0 Å². The number of aliphatic hydroxyl groups is 1. The van der Waals surface area contributed by atoms with Gasteiger partial charge in [0.15, 0.2) is 5.96 Å². The highest BCUT2D eigenvalue weighted by Crippen LogP contribution is 2.24. The Morgan fingerprint density at radius 3 is 1.44 bits per heavy atom. The van der Waals surface area contributed by atoms with Crippen LogP contribution in [0.1, 0.15) is 163 Å². The van der Waals surface area contributed by atoms with E-state index in [1.165, 1.54) is 16.7 Å². The quantitative estimate of drug-likeness (QED) is 0.0189. The standard InChI is InChI=1S/C76H123N19O16/c1-10-45(7)61(70(105)83-41-58(97)90-59(43(3)4)71(106)89-55(42-96)67(102)93-62(46(8)11-2)74(109)95-38-24-33-57(95)69(104)88-54(75(110)111)40-49-27-16-13-17-28-49)92-72(107)60(44(5)6)91-66(101)52(31-22-36-82-76(80)81)86-68(103)56-32-23-37-94(56)73(108)53(30-19-21-35-78)87-65(100)51(29-18-20-34-77)85-63(98)47(9)84-64(99)50(79)39-48-25-14-12-15-26-48/h12-17,25-28,43-47,50-57,59-62,96H,10-11,18-24,29-42,77-79H2,1-9H3,(H,83,105)(H,84,99)(H,85,98)(H,86,103)(H,87,100)(H,88,104)(H,89,106)(H,90,97)(H,91,101)(H,92,107)(H,93,102)(H,110,111)(H4,80,81,82)/t45-,46-,47-,50-,51-,52-,53-,54-,55-,56-,57-,59-,60-,61-,62-/m0/s1. The number of amides is 13. The van der Waals surface area contributed by atoms with E-state index in [2.05, 4.69) is 63.8 Å². The molecule has 2 fully saturated rings. The SMILES string of the molecule is CC[C@H](C)[C@H](NC(=O)[C@@H](NC(=O)[C@H](CCCNC(=N)N)NC(=O)[C@@H]1CCCN1C(=O)[C@H](CCCCN)NC(=O)[C@H](CCCCN)NC(=O)[C@H](C)NC(=O)[C@@H](N)Cc1ccccc1)C(C)C)C(=O)NCC(=O)N[C@H](C(=O)N[C@@H](CO)C(=O)N[C@H](C(=O)N1CCC[C@H]1C(=O)N[C@@H](Cc1ccccc1)C(=O)O)[C@@H](C)CC)C(C)C. The number of aliphatic carboxylic acids is 1. The number of nitrogens with one attached hydrogen (secondary N) is 13. The topological polar surface area (TPSA) is 558 Å². The minimum absolute atomic E-state index is 0.0106. The summed E-state index contributed by atoms with van der Waals surface area (Å²) in [6.45, 7) is 14.0. The summed E-state index contributed by atoms with van der Waals surface area (Å²) in [5, 5.41) is 59.9. The highest BCUT2D eigenvalue weighted by atomic mass is 16.4. The largest absolute Gasteiger partial charge is 0.480 e. The summed E-state index contributed by atoms with van der Waals surface area (Å²) in [6, 6.07) is 1.52. The van der Waals surface area contributed by atoms with E-state index in [9.17, 15) is 77.3 Å². The number of nitrogens with zero attached hydrogens (tertiary/aromatic N) is 2. The van der Waals surface area contributed by atoms with Crippen LogP contribution in [0.3, 0.4) is 0 Å². The molecule has 2 aliphatic rings. The molecule has 0 radical (unpaired) electrons. The van der Waals surface area contributed by atoms with Gasteiger partial charge in [-0.25, -0.2) is 4.79 Å². The Bertz CT molecular complexity index is 3430. The number of hydrogen-bond donors (Lipinski definition) is 19. The summed E-state index contributed by atoms with van der Waals surface area (Å²) in [7, 11) is 0. The number of carboxylic acids is 1. The van der Waals surface area contributed by atoms with Gasteiger partial charge < -0.3 is 107 Å². The summed E-state index contributed by atoms with van der Waals surface area (Å²) >= 11 is 0. The molecule has 23 N–H and O–H groups in total. The van der Waals surface area contributed by atoms with Gasteiger partial charge in [-0.15, -0.1) is 0 Å². The maximum absolute atomic E-state index is 14.8. The highest BCUT2D eigenvalue weighted by Gasteiger charge is 2.44. The van der Waals surface area contributed by atoms with Crippen LogP contribution >= 0.6 is 0 Å². The van der Waals surface area contributed by atoms with Crippen LogP contribution in [0.15, 0.2) is 60.7 Å². The summed E-state index contributed by atoms with van der Waals surface area (Å²) in [5.41, 5.74) is 24.9. The molecule has 2 aromatic carbocycles. The molecule has 2 heterocycles. The van der Waals surface area contributed by atoms with E-state index in [1.807, 2.05) is 30.3 Å². The summed E-state index contributed by atoms with van der Waals surface area (Å²) < 4.78 is 0. The van der Waals surface area contributed by atoms with Gasteiger partial charge >= 0.3 is 5.97 Å². The smallest absolute Gasteiger partial charge is 0.326 e. The first-order valence-corrected chi connectivity index (χ1v) is 38.8. The fourth-order valence-corrected chi connectivity index (χ4v) is 13.0. The van der Waals surface area contributed by atoms with Crippen molar-refractivity contribution < 1.29 is 77.3 Å². The lowest BCUT2D eigenvalue weighted by Crippen LogP contribution is -2.61. The lowest BCUT2D eigenvalue weighted by molar-refractivity contribution is -0.145. The van der Waals surface area contributed by atoms with Crippen molar-refractivity contribution in [1.82, 2.24) is 73.6 Å². The summed E-state index contributed by atoms with van der Waals surface area (Å²) in [4.78, 5) is 198. The van der Waals surface area contributed by atoms with E-state index < -0.39 is 198 Å². The monoisotopic (exact) mass is 1560 g/mol. The summed E-state index contributed by atoms with van der Waals surface area (Å²) in [5.74, 6) is -13.8. The molecular formula is C76H123N19O16. The zero-order valence-corrected chi connectivity index (χ0v) is 65.7. The van der Waals surface area contributed by atoms with E-state index in [0.717, 1.165) is 5.56 Å². The number of carboxylic acid groups (broad SMARTS) is 1. The lowest BCUT2D eigenvalue weighted by Gasteiger charge is -2.32. The van der Waals surface area contributed by atoms with Gasteiger partial charge in [0, 0.05) is 26.1 Å². The predicted octanol–water partition coefficient (Wildman–Crippen LogP) is -2.23. The van der Waals surface area contributed by atoms with E-state index in [0.29, 0.717) is 63.5 Å². The first kappa shape index (κ1) is 93.5. The molecule has 111 heavy (non-hydrogen) atoms. The van der Waals surface area contributed by atoms with E-state index in [4.69, 9.17) is 28.3 Å². The zero-order valence-electron chi connectivity index (χ0n) is 65.7. The van der Waals surface area contributed by atoms with Crippen molar-refractivity contribution in [2.45, 2.75) is 244 Å². The molecule has 618 valence electrons. The molecule has 0 aliphatic carbocycles. The highest BCUT2D eigenvalue weighted by molar-refractivity contribution is 6.00. The lowest BCUT2D eigenvalue weighted by atomic mass is 9.96. The van der Waals surface area contributed by atoms with Crippen molar-refractivity contribution in [2.75, 3.05) is 45.9 Å². The number of hydrogen-bond acceptors (Lipinski definition) is 19. The van der Waals surface area contributed by atoms with Crippen molar-refractivity contribution in [2.24, 2.45) is 46.6 Å². The van der Waals surface area contributed by atoms with Gasteiger partial charge in [0.05, 0.1) is 19.2 Å². The fourth-order valence-electron chi connectivity index (χ4n) is 13.0. The van der Waals surface area contributed by atoms with Crippen LogP contribution in [0.2, 0.25) is 0 Å². The van der Waals surface area contributed by atoms with Crippen LogP contribution in [0.4, 0.5) is 0 Å². The van der Waals surface area contributed by atoms with Gasteiger partial charge in [-0.3, -0.25) is 67.7 Å². The molecule has 13 amide bonds. The number of carbonyl (C=O) groups excluding carboxylic acids is 13. The van der Waals surface area contributed by atoms with Gasteiger partial charge in [-0.2, -0.15) is 0 Å². The molecule has 35 nitrogen and oxygen atoms in total. The molecule has 2 aliphatic heterocycles. The number of aliphatic hydroxyl groups excluding tert-OH is 1. The minimum atomic E-state index is -1.65. The van der Waals surface area contributed by atoms with Crippen LogP contribution < -0.4 is 86.7 Å². The Balaban J connectivity index is 1.44. The van der Waals surface area contributed by atoms with Crippen LogP contribution in [-0.4, -0.2) is 233 Å². The molecule has 0 bridgehead atoms. The maximum atomic E-state index is 14.8. The third-order valence-electron chi connectivity index (χ3n) is 20.0. The molecule has 0 unspecified atom stereocenters. The number of rotatable bonds is 48. The average molecular weight is 1560 g/mol. The average Bonchev–Trinajstić information content (AvgIpc) is 1.75. The zero-order chi connectivity index (χ0) is 82.6. The fraction of sp³-hybridized carbons (Fsp3) is 0.645. The Kier molecular flexibility index (Phi) is 40.5. The third kappa shape index (κ3) is 30.4. The van der Waals surface area contributed by atoms with Gasteiger partial charge in [0.1, 0.15) is 72.5 Å². The molecule has 0 saturated carbocycles. The van der Waals surface area contributed by atoms with E-state index >= 15 is 0 Å². The molecule has 2 aromatic rings. The Hall–Kier alpha value is -9.87. The second kappa shape index (κ2) is 48.0. The number of guanidine groups is 1. The van der Waals surface area contributed by atoms with Crippen molar-refractivity contribution in [3.8, 4) is 0 Å². The van der Waals surface area contributed by atoms with Crippen molar-refractivity contribution in [3.05, 3.63) is 71.8 Å². The van der Waals surface area contributed by atoms with Crippen LogP contribution in [0.5, 0.6) is 0 Å². The molecule has 0 aromatic heterocycles. The Morgan fingerprint density at radius 1 is 0.477 bits per heavy atom. The third-order valence-corrected chi connectivity index (χ3v) is 20.0. The van der Waals surface area contributed by atoms with Gasteiger partial charge in [-0.1, -0.05) is 129 Å². The minimum Gasteiger partial charge on any atom is -0.480 e. The maximum Gasteiger partial charge on any atom is 0.326 e. The first-order valence-electron chi connectivity index (χ1n) is 38.8. The van der Waals surface area contributed by atoms with Gasteiger partial charge in [0.25, 0.3) is 0 Å². The normalized spacial score (nSPS) is 17.5. The molecule has 35 heteroatoms. The second-order valence-electron chi connectivity index (χ2n) is 29.5. The predicted molar refractivity (Wildman–Crippen MR) is 414 cm³/mol. The Labute approximate surface area is 650 Å². The molecule has 0 spiro atoms. The van der Waals surface area contributed by atoms with Gasteiger partial charge in [-0.05, 0) is 138 Å². The number of nitrogens with two attached hydrogens (primary N) is 4. The number of unbranched alkanes of at least 4 members (excludes halogenated alkanes) is 2. The van der Waals surface area contributed by atoms with Crippen LogP contribution in [0, 0.1) is 29.1 Å². The second-order valence-corrected chi connectivity index (χ2v) is 29.5. The molecular weight excluding hydrogens is 1430 g/mol. The molecule has 4 rings (SSSR count). The van der Waals surface area contributed by atoms with Crippen LogP contribution in [0.25, 0.3) is 0 Å². The molecule has 15 atom stereocenters. The number of carbonyl (C=O) groups is 14. The van der Waals surface area contributed by atoms with E-state index in [1.54, 1.807) is 85.7 Å². The van der Waals surface area contributed by atoms with Crippen molar-refractivity contribution >= 4 is 88.7 Å². The molecule has 2 saturated heterocycles. The van der Waals surface area contributed by atoms with E-state index in [-0.39, 0.29) is 83.5 Å². The first-order chi connectivity index (χ1) is 52.7. The van der Waals surface area contributed by atoms with Crippen LogP contribution in [-0.2, 0) is 80.0 Å². The Morgan fingerprint density at radius 2 is 0.919 bits per heavy atom. The number of likely N-dealkylation sites (tertiary alicyclic amines) is 2. The van der Waals surface area contributed by atoms with Gasteiger partial charge in [0.2, 0.25) is 76.8 Å².